The first kappa shape index (κ1) is 14.2. The fourth-order valence-electron chi connectivity index (χ4n) is 0.686. The van der Waals surface area contributed by atoms with Crippen LogP contribution in [0, 0.1) is 0 Å². The van der Waals surface area contributed by atoms with E-state index in [0.717, 1.165) is 6.42 Å². The smallest absolute Gasteiger partial charge is 0.382 e. The first-order valence-corrected chi connectivity index (χ1v) is 4.47. The topological polar surface area (TPSA) is 58.6 Å². The predicted molar refractivity (Wildman–Crippen MR) is 46.2 cm³/mol. The molecule has 0 aromatic rings. The molecule has 90 valence electrons. The van der Waals surface area contributed by atoms with Gasteiger partial charge in [0, 0.05) is 6.61 Å². The van der Waals surface area contributed by atoms with Crippen molar-refractivity contribution in [1.29, 1.82) is 0 Å². The van der Waals surface area contributed by atoms with Crippen LogP contribution in [-0.2, 0) is 9.53 Å². The third-order valence-corrected chi connectivity index (χ3v) is 1.45. The third kappa shape index (κ3) is 7.15. The van der Waals surface area contributed by atoms with Crippen LogP contribution in [0.3, 0.4) is 0 Å². The highest BCUT2D eigenvalue weighted by Gasteiger charge is 2.38. The Morgan fingerprint density at radius 1 is 1.53 bits per heavy atom. The van der Waals surface area contributed by atoms with Gasteiger partial charge in [0.1, 0.15) is 6.61 Å². The summed E-state index contributed by atoms with van der Waals surface area (Å²) in [5.74, 6) is -0.674. The van der Waals surface area contributed by atoms with E-state index in [1.165, 1.54) is 0 Å². The molecule has 0 aliphatic rings. The van der Waals surface area contributed by atoms with Crippen LogP contribution in [0.2, 0.25) is 0 Å². The van der Waals surface area contributed by atoms with Gasteiger partial charge < -0.3 is 15.2 Å². The lowest BCUT2D eigenvalue weighted by Gasteiger charge is -2.14. The van der Waals surface area contributed by atoms with Crippen molar-refractivity contribution in [3.8, 4) is 0 Å². The van der Waals surface area contributed by atoms with Crippen molar-refractivity contribution < 1.29 is 27.8 Å². The Balaban J connectivity index is 3.62. The molecule has 0 aromatic carbocycles. The van der Waals surface area contributed by atoms with Gasteiger partial charge in [0.05, 0.1) is 6.54 Å². The van der Waals surface area contributed by atoms with Gasteiger partial charge in [0.2, 0.25) is 5.91 Å². The zero-order valence-corrected chi connectivity index (χ0v) is 8.30. The highest BCUT2D eigenvalue weighted by Crippen LogP contribution is 2.18. The molecule has 0 saturated carbocycles. The minimum absolute atomic E-state index is 0.293. The van der Waals surface area contributed by atoms with Gasteiger partial charge in [-0.1, -0.05) is 6.92 Å². The van der Waals surface area contributed by atoms with Crippen LogP contribution >= 0.6 is 0 Å². The maximum Gasteiger partial charge on any atom is 0.416 e. The average Bonchev–Trinajstić information content (AvgIpc) is 2.13. The summed E-state index contributed by atoms with van der Waals surface area (Å²) in [6, 6.07) is 0. The first-order chi connectivity index (χ1) is 6.88. The van der Waals surface area contributed by atoms with Crippen molar-refractivity contribution in [2.45, 2.75) is 25.6 Å². The second-order valence-corrected chi connectivity index (χ2v) is 2.91. The molecule has 15 heavy (non-hydrogen) atoms. The van der Waals surface area contributed by atoms with Gasteiger partial charge in [0.25, 0.3) is 0 Å². The van der Waals surface area contributed by atoms with Crippen LogP contribution in [0.15, 0.2) is 0 Å². The molecular weight excluding hydrogens is 215 g/mol. The number of carbonyl (C=O) groups is 1. The van der Waals surface area contributed by atoms with E-state index in [4.69, 9.17) is 9.84 Å². The van der Waals surface area contributed by atoms with Crippen LogP contribution in [-0.4, -0.2) is 43.1 Å². The van der Waals surface area contributed by atoms with Gasteiger partial charge in [-0.15, -0.1) is 0 Å². The molecule has 1 unspecified atom stereocenters. The molecule has 1 atom stereocenters. The predicted octanol–water partition coefficient (Wildman–Crippen LogP) is 0.452. The molecule has 0 radical (unpaired) electrons. The normalized spacial score (nSPS) is 13.7. The molecule has 2 N–H and O–H groups in total. The monoisotopic (exact) mass is 229 g/mol. The summed E-state index contributed by atoms with van der Waals surface area (Å²) < 4.78 is 40.1. The average molecular weight is 229 g/mol. The van der Waals surface area contributed by atoms with E-state index in [1.807, 2.05) is 12.2 Å². The Bertz CT molecular complexity index is 196. The molecule has 7 heteroatoms. The molecule has 1 amide bonds. The summed E-state index contributed by atoms with van der Waals surface area (Å²) in [5.41, 5.74) is 0. The molecule has 0 fully saturated rings. The maximum absolute atomic E-state index is 11.8. The van der Waals surface area contributed by atoms with E-state index in [1.54, 1.807) is 0 Å². The Hall–Kier alpha value is -0.820. The number of alkyl halides is 3. The lowest BCUT2D eigenvalue weighted by molar-refractivity contribution is -0.202. The molecule has 0 saturated heterocycles. The number of ether oxygens (including phenoxy) is 1. The number of aliphatic hydroxyl groups is 1. The Morgan fingerprint density at radius 3 is 2.60 bits per heavy atom. The molecule has 0 aliphatic carbocycles. The highest BCUT2D eigenvalue weighted by atomic mass is 19.4. The first-order valence-electron chi connectivity index (χ1n) is 4.47. The second-order valence-electron chi connectivity index (χ2n) is 2.91. The minimum Gasteiger partial charge on any atom is -0.382 e. The summed E-state index contributed by atoms with van der Waals surface area (Å²) in [7, 11) is 0. The van der Waals surface area contributed by atoms with Gasteiger partial charge in [0.15, 0.2) is 6.10 Å². The van der Waals surface area contributed by atoms with Crippen LogP contribution in [0.1, 0.15) is 13.3 Å². The molecule has 0 aliphatic heterocycles. The number of amides is 1. The lowest BCUT2D eigenvalue weighted by atomic mass is 10.3. The second kappa shape index (κ2) is 6.62. The quantitative estimate of drug-likeness (QED) is 0.650. The zero-order valence-electron chi connectivity index (χ0n) is 8.30. The van der Waals surface area contributed by atoms with Crippen LogP contribution < -0.4 is 5.32 Å². The van der Waals surface area contributed by atoms with Gasteiger partial charge in [-0.3, -0.25) is 4.79 Å². The Labute approximate surface area is 85.4 Å². The molecule has 0 spiro atoms. The van der Waals surface area contributed by atoms with E-state index >= 15 is 0 Å². The summed E-state index contributed by atoms with van der Waals surface area (Å²) in [6.07, 6.45) is -6.52. The largest absolute Gasteiger partial charge is 0.416 e. The van der Waals surface area contributed by atoms with Crippen LogP contribution in [0.25, 0.3) is 0 Å². The van der Waals surface area contributed by atoms with Crippen LogP contribution in [0.5, 0.6) is 0 Å². The Morgan fingerprint density at radius 2 is 2.13 bits per heavy atom. The van der Waals surface area contributed by atoms with Gasteiger partial charge >= 0.3 is 6.18 Å². The van der Waals surface area contributed by atoms with E-state index in [2.05, 4.69) is 0 Å². The van der Waals surface area contributed by atoms with E-state index in [9.17, 15) is 18.0 Å². The zero-order chi connectivity index (χ0) is 11.9. The van der Waals surface area contributed by atoms with Crippen molar-refractivity contribution in [2.24, 2.45) is 0 Å². The summed E-state index contributed by atoms with van der Waals surface area (Å²) >= 11 is 0. The lowest BCUT2D eigenvalue weighted by Crippen LogP contribution is -2.41. The number of carbonyl (C=O) groups excluding carboxylic acids is 1. The summed E-state index contributed by atoms with van der Waals surface area (Å²) in [6.45, 7) is 1.07. The molecule has 4 nitrogen and oxygen atoms in total. The standard InChI is InChI=1S/C8H14F3NO3/c1-2-3-15-5-7(14)12-4-6(13)8(9,10)11/h6,13H,2-5H2,1H3,(H,12,14). The number of hydrogen-bond donors (Lipinski definition) is 2. The van der Waals surface area contributed by atoms with Crippen molar-refractivity contribution in [2.75, 3.05) is 19.8 Å². The van der Waals surface area contributed by atoms with Gasteiger partial charge in [-0.05, 0) is 6.42 Å². The molecular formula is C8H14F3NO3. The summed E-state index contributed by atoms with van der Waals surface area (Å²) in [4.78, 5) is 10.8. The number of rotatable bonds is 6. The molecule has 0 rings (SSSR count). The number of hydrogen-bond acceptors (Lipinski definition) is 3. The SMILES string of the molecule is CCCOCC(=O)NCC(O)C(F)(F)F. The van der Waals surface area contributed by atoms with E-state index < -0.39 is 24.7 Å². The van der Waals surface area contributed by atoms with Crippen molar-refractivity contribution in [1.82, 2.24) is 5.32 Å². The van der Waals surface area contributed by atoms with Crippen molar-refractivity contribution in [3.63, 3.8) is 0 Å². The van der Waals surface area contributed by atoms with Crippen LogP contribution in [0.4, 0.5) is 13.2 Å². The van der Waals surface area contributed by atoms with Crippen molar-refractivity contribution in [3.05, 3.63) is 0 Å². The maximum atomic E-state index is 11.8. The fourth-order valence-corrected chi connectivity index (χ4v) is 0.686. The van der Waals surface area contributed by atoms with Gasteiger partial charge in [-0.2, -0.15) is 13.2 Å². The van der Waals surface area contributed by atoms with Gasteiger partial charge in [-0.25, -0.2) is 0 Å². The number of nitrogens with one attached hydrogen (secondary N) is 1. The molecule has 0 aromatic heterocycles. The molecule has 0 bridgehead atoms. The fraction of sp³-hybridized carbons (Fsp3) is 0.875. The Kier molecular flexibility index (Phi) is 6.26. The molecule has 0 heterocycles. The van der Waals surface area contributed by atoms with E-state index in [-0.39, 0.29) is 6.61 Å². The van der Waals surface area contributed by atoms with Crippen molar-refractivity contribution >= 4 is 5.91 Å². The third-order valence-electron chi connectivity index (χ3n) is 1.45. The number of halogens is 3. The highest BCUT2D eigenvalue weighted by molar-refractivity contribution is 5.77. The minimum atomic E-state index is -4.71. The number of aliphatic hydroxyl groups excluding tert-OH is 1. The van der Waals surface area contributed by atoms with E-state index in [0.29, 0.717) is 6.61 Å². The summed E-state index contributed by atoms with van der Waals surface area (Å²) in [5, 5.41) is 10.4.